The van der Waals surface area contributed by atoms with Gasteiger partial charge in [0.15, 0.2) is 0 Å². The summed E-state index contributed by atoms with van der Waals surface area (Å²) in [6.07, 6.45) is 2.18. The van der Waals surface area contributed by atoms with E-state index in [1.165, 1.54) is 17.7 Å². The highest BCUT2D eigenvalue weighted by atomic mass is 19.1. The first-order valence-electron chi connectivity index (χ1n) is 10.3. The fraction of sp³-hybridized carbons (Fsp3) is 0.280. The molecule has 1 aliphatic rings. The van der Waals surface area contributed by atoms with Crippen LogP contribution in [0.25, 0.3) is 11.1 Å². The molecule has 1 heterocycles. The zero-order chi connectivity index (χ0) is 20.9. The van der Waals surface area contributed by atoms with E-state index in [2.05, 4.69) is 34.9 Å². The molecule has 1 saturated heterocycles. The zero-order valence-electron chi connectivity index (χ0n) is 17.0. The van der Waals surface area contributed by atoms with Crippen molar-refractivity contribution >= 4 is 0 Å². The normalized spacial score (nSPS) is 18.9. The van der Waals surface area contributed by atoms with Crippen LogP contribution in [0, 0.1) is 11.6 Å². The Bertz CT molecular complexity index is 994. The molecule has 0 aromatic heterocycles. The van der Waals surface area contributed by atoms with Crippen molar-refractivity contribution in [1.82, 2.24) is 10.6 Å². The maximum atomic E-state index is 14.3. The second-order valence-corrected chi connectivity index (χ2v) is 7.62. The van der Waals surface area contributed by atoms with Crippen molar-refractivity contribution in [2.45, 2.75) is 31.5 Å². The quantitative estimate of drug-likeness (QED) is 0.586. The Morgan fingerprint density at radius 1 is 1.03 bits per heavy atom. The van der Waals surface area contributed by atoms with Crippen LogP contribution < -0.4 is 15.4 Å². The average Bonchev–Trinajstić information content (AvgIpc) is 2.78. The van der Waals surface area contributed by atoms with E-state index in [9.17, 15) is 8.78 Å². The predicted molar refractivity (Wildman–Crippen MR) is 115 cm³/mol. The molecule has 2 atom stereocenters. The summed E-state index contributed by atoms with van der Waals surface area (Å²) < 4.78 is 33.1. The van der Waals surface area contributed by atoms with Crippen LogP contribution in [0.1, 0.15) is 30.0 Å². The summed E-state index contributed by atoms with van der Waals surface area (Å²) in [5.74, 6) is -0.406. The van der Waals surface area contributed by atoms with Crippen LogP contribution in [0.2, 0.25) is 0 Å². The van der Waals surface area contributed by atoms with Crippen LogP contribution in [0.4, 0.5) is 8.78 Å². The molecule has 2 N–H and O–H groups in total. The summed E-state index contributed by atoms with van der Waals surface area (Å²) in [4.78, 5) is 0. The number of nitrogens with one attached hydrogen (secondary N) is 2. The fourth-order valence-corrected chi connectivity index (χ4v) is 4.17. The van der Waals surface area contributed by atoms with Crippen LogP contribution in [-0.4, -0.2) is 19.7 Å². The molecule has 0 bridgehead atoms. The second kappa shape index (κ2) is 9.37. The number of hydrogen-bond acceptors (Lipinski definition) is 3. The summed E-state index contributed by atoms with van der Waals surface area (Å²) in [5.41, 5.74) is 3.29. The van der Waals surface area contributed by atoms with Crippen LogP contribution in [0.15, 0.2) is 66.7 Å². The molecule has 0 saturated carbocycles. The molecule has 156 valence electrons. The number of halogens is 2. The van der Waals surface area contributed by atoms with E-state index in [4.69, 9.17) is 4.74 Å². The van der Waals surface area contributed by atoms with E-state index in [-0.39, 0.29) is 12.1 Å². The van der Waals surface area contributed by atoms with Crippen molar-refractivity contribution in [3.8, 4) is 16.9 Å². The highest BCUT2D eigenvalue weighted by molar-refractivity contribution is 5.66. The summed E-state index contributed by atoms with van der Waals surface area (Å²) in [7, 11) is 1.63. The average molecular weight is 408 g/mol. The highest BCUT2D eigenvalue weighted by Crippen LogP contribution is 2.30. The number of methoxy groups -OCH3 is 1. The molecule has 1 fully saturated rings. The molecule has 0 amide bonds. The third kappa shape index (κ3) is 4.53. The summed E-state index contributed by atoms with van der Waals surface area (Å²) in [6.45, 7) is 1.59. The minimum atomic E-state index is -0.580. The van der Waals surface area contributed by atoms with E-state index < -0.39 is 11.6 Å². The van der Waals surface area contributed by atoms with Gasteiger partial charge in [-0.15, -0.1) is 0 Å². The first-order chi connectivity index (χ1) is 14.7. The number of piperidine rings is 1. The van der Waals surface area contributed by atoms with E-state index in [0.717, 1.165) is 36.8 Å². The molecule has 30 heavy (non-hydrogen) atoms. The monoisotopic (exact) mass is 408 g/mol. The lowest BCUT2D eigenvalue weighted by molar-refractivity contribution is 0.303. The molecule has 0 radical (unpaired) electrons. The molecule has 0 aliphatic carbocycles. The molecule has 5 heteroatoms. The topological polar surface area (TPSA) is 33.3 Å². The van der Waals surface area contributed by atoms with Crippen molar-refractivity contribution in [2.75, 3.05) is 13.7 Å². The highest BCUT2D eigenvalue weighted by Gasteiger charge is 2.25. The van der Waals surface area contributed by atoms with Crippen LogP contribution in [0.3, 0.4) is 0 Å². The maximum absolute atomic E-state index is 14.3. The van der Waals surface area contributed by atoms with Gasteiger partial charge in [-0.3, -0.25) is 0 Å². The number of ether oxygens (including phenoxy) is 1. The van der Waals surface area contributed by atoms with Gasteiger partial charge in [0.2, 0.25) is 0 Å². The lowest BCUT2D eigenvalue weighted by Gasteiger charge is -2.34. The Morgan fingerprint density at radius 2 is 1.87 bits per heavy atom. The third-order valence-corrected chi connectivity index (χ3v) is 5.69. The van der Waals surface area contributed by atoms with Crippen molar-refractivity contribution in [1.29, 1.82) is 0 Å². The molecule has 3 aromatic carbocycles. The van der Waals surface area contributed by atoms with Gasteiger partial charge in [0.1, 0.15) is 17.4 Å². The number of rotatable bonds is 6. The Hall–Kier alpha value is -2.76. The van der Waals surface area contributed by atoms with Gasteiger partial charge in [-0.05, 0) is 54.8 Å². The third-order valence-electron chi connectivity index (χ3n) is 5.69. The first kappa shape index (κ1) is 20.5. The molecule has 0 spiro atoms. The molecule has 3 nitrogen and oxygen atoms in total. The lowest BCUT2D eigenvalue weighted by atomic mass is 9.92. The lowest BCUT2D eigenvalue weighted by Crippen LogP contribution is -2.45. The van der Waals surface area contributed by atoms with Gasteiger partial charge in [-0.2, -0.15) is 0 Å². The first-order valence-corrected chi connectivity index (χ1v) is 10.3. The molecule has 3 aromatic rings. The van der Waals surface area contributed by atoms with E-state index in [1.54, 1.807) is 13.2 Å². The Labute approximate surface area is 176 Å². The van der Waals surface area contributed by atoms with Gasteiger partial charge in [0, 0.05) is 35.8 Å². The Balaban J connectivity index is 1.56. The summed E-state index contributed by atoms with van der Waals surface area (Å²) in [5, 5.41) is 7.29. The Morgan fingerprint density at radius 3 is 2.63 bits per heavy atom. The van der Waals surface area contributed by atoms with Crippen molar-refractivity contribution in [2.24, 2.45) is 0 Å². The maximum Gasteiger partial charge on any atom is 0.133 e. The summed E-state index contributed by atoms with van der Waals surface area (Å²) in [6, 6.07) is 20.2. The molecule has 4 rings (SSSR count). The van der Waals surface area contributed by atoms with E-state index >= 15 is 0 Å². The molecule has 1 aliphatic heterocycles. The standard InChI is InChI=1S/C25H26F2N2O/c1-30-24-12-9-18(21-11-10-20(26)15-22(21)27)14-19(24)16-29-23-8-5-13-28-25(23)17-6-3-2-4-7-17/h2-4,6-7,9-12,14-15,23,25,28-29H,5,8,13,16H2,1H3. The smallest absolute Gasteiger partial charge is 0.133 e. The van der Waals surface area contributed by atoms with E-state index in [0.29, 0.717) is 17.7 Å². The van der Waals surface area contributed by atoms with Gasteiger partial charge < -0.3 is 15.4 Å². The largest absolute Gasteiger partial charge is 0.496 e. The van der Waals surface area contributed by atoms with Gasteiger partial charge >= 0.3 is 0 Å². The van der Waals surface area contributed by atoms with Gasteiger partial charge in [0.25, 0.3) is 0 Å². The van der Waals surface area contributed by atoms with Crippen molar-refractivity contribution in [3.63, 3.8) is 0 Å². The van der Waals surface area contributed by atoms with Gasteiger partial charge in [0.05, 0.1) is 7.11 Å². The molecular formula is C25H26F2N2O. The fourth-order valence-electron chi connectivity index (χ4n) is 4.17. The van der Waals surface area contributed by atoms with Crippen LogP contribution >= 0.6 is 0 Å². The van der Waals surface area contributed by atoms with Crippen molar-refractivity contribution < 1.29 is 13.5 Å². The van der Waals surface area contributed by atoms with Gasteiger partial charge in [-0.1, -0.05) is 36.4 Å². The van der Waals surface area contributed by atoms with Crippen LogP contribution in [-0.2, 0) is 6.54 Å². The minimum Gasteiger partial charge on any atom is -0.496 e. The zero-order valence-corrected chi connectivity index (χ0v) is 17.0. The van der Waals surface area contributed by atoms with Gasteiger partial charge in [-0.25, -0.2) is 8.78 Å². The second-order valence-electron chi connectivity index (χ2n) is 7.62. The Kier molecular flexibility index (Phi) is 6.41. The number of hydrogen-bond donors (Lipinski definition) is 2. The predicted octanol–water partition coefficient (Wildman–Crippen LogP) is 5.22. The van der Waals surface area contributed by atoms with Crippen LogP contribution in [0.5, 0.6) is 5.75 Å². The SMILES string of the molecule is COc1ccc(-c2ccc(F)cc2F)cc1CNC1CCCNC1c1ccccc1. The molecule has 2 unspecified atom stereocenters. The number of benzene rings is 3. The summed E-state index contributed by atoms with van der Waals surface area (Å²) >= 11 is 0. The van der Waals surface area contributed by atoms with E-state index in [1.807, 2.05) is 18.2 Å². The molecular weight excluding hydrogens is 382 g/mol. The minimum absolute atomic E-state index is 0.240. The van der Waals surface area contributed by atoms with Crippen molar-refractivity contribution in [3.05, 3.63) is 89.5 Å².